The SMILES string of the molecule is CS(=O)(=O)C1CCC(CN)(C(=O)O)CC1. The van der Waals surface area contributed by atoms with Gasteiger partial charge in [-0.05, 0) is 25.7 Å². The summed E-state index contributed by atoms with van der Waals surface area (Å²) in [5, 5.41) is 8.66. The Kier molecular flexibility index (Phi) is 3.40. The molecule has 15 heavy (non-hydrogen) atoms. The standard InChI is InChI=1S/C9H17NO4S/c1-15(13,14)7-2-4-9(6-10,5-3-7)8(11)12/h7H,2-6,10H2,1H3,(H,11,12). The second-order valence-electron chi connectivity index (χ2n) is 4.32. The molecule has 0 aromatic heterocycles. The summed E-state index contributed by atoms with van der Waals surface area (Å²) in [6.07, 6.45) is 2.73. The molecule has 0 amide bonds. The normalized spacial score (nSPS) is 32.5. The third-order valence-corrected chi connectivity index (χ3v) is 5.02. The van der Waals surface area contributed by atoms with Crippen molar-refractivity contribution in [2.24, 2.45) is 11.1 Å². The van der Waals surface area contributed by atoms with Gasteiger partial charge >= 0.3 is 5.97 Å². The van der Waals surface area contributed by atoms with E-state index in [1.807, 2.05) is 0 Å². The van der Waals surface area contributed by atoms with Gasteiger partial charge in [0.2, 0.25) is 0 Å². The third kappa shape index (κ3) is 2.49. The minimum absolute atomic E-state index is 0.0822. The first-order valence-electron chi connectivity index (χ1n) is 4.94. The second kappa shape index (κ2) is 4.09. The van der Waals surface area contributed by atoms with Crippen LogP contribution in [0.5, 0.6) is 0 Å². The first kappa shape index (κ1) is 12.4. The molecule has 6 heteroatoms. The molecule has 0 saturated heterocycles. The summed E-state index contributed by atoms with van der Waals surface area (Å²) in [6, 6.07) is 0. The molecule has 0 heterocycles. The van der Waals surface area contributed by atoms with E-state index in [-0.39, 0.29) is 6.54 Å². The van der Waals surface area contributed by atoms with Crippen molar-refractivity contribution in [2.75, 3.05) is 12.8 Å². The smallest absolute Gasteiger partial charge is 0.310 e. The molecule has 0 aromatic rings. The Morgan fingerprint density at radius 2 is 1.93 bits per heavy atom. The lowest BCUT2D eigenvalue weighted by atomic mass is 9.74. The van der Waals surface area contributed by atoms with Gasteiger partial charge in [0.15, 0.2) is 0 Å². The van der Waals surface area contributed by atoms with Crippen LogP contribution in [-0.2, 0) is 14.6 Å². The Morgan fingerprint density at radius 1 is 1.47 bits per heavy atom. The molecular weight excluding hydrogens is 218 g/mol. The molecular formula is C9H17NO4S. The van der Waals surface area contributed by atoms with E-state index in [0.29, 0.717) is 25.7 Å². The lowest BCUT2D eigenvalue weighted by Crippen LogP contribution is -2.43. The van der Waals surface area contributed by atoms with Crippen LogP contribution in [0.1, 0.15) is 25.7 Å². The number of hydrogen-bond donors (Lipinski definition) is 2. The maximum atomic E-state index is 11.3. The van der Waals surface area contributed by atoms with Crippen molar-refractivity contribution in [3.05, 3.63) is 0 Å². The van der Waals surface area contributed by atoms with Crippen LogP contribution in [0.15, 0.2) is 0 Å². The lowest BCUT2D eigenvalue weighted by molar-refractivity contribution is -0.150. The quantitative estimate of drug-likeness (QED) is 0.717. The Bertz CT molecular complexity index is 341. The Morgan fingerprint density at radius 3 is 2.20 bits per heavy atom. The van der Waals surface area contributed by atoms with Crippen molar-refractivity contribution in [3.8, 4) is 0 Å². The molecule has 1 aliphatic carbocycles. The van der Waals surface area contributed by atoms with E-state index < -0.39 is 26.5 Å². The second-order valence-corrected chi connectivity index (χ2v) is 6.64. The number of carboxylic acids is 1. The van der Waals surface area contributed by atoms with Crippen molar-refractivity contribution < 1.29 is 18.3 Å². The van der Waals surface area contributed by atoms with Gasteiger partial charge in [-0.3, -0.25) is 4.79 Å². The molecule has 1 fully saturated rings. The van der Waals surface area contributed by atoms with Crippen LogP contribution in [0.4, 0.5) is 0 Å². The number of sulfone groups is 1. The average Bonchev–Trinajstić information content (AvgIpc) is 2.16. The number of carboxylic acid groups (broad SMARTS) is 1. The molecule has 88 valence electrons. The summed E-state index contributed by atoms with van der Waals surface area (Å²) in [5.41, 5.74) is 4.56. The molecule has 5 nitrogen and oxygen atoms in total. The fourth-order valence-electron chi connectivity index (χ4n) is 2.08. The minimum Gasteiger partial charge on any atom is -0.481 e. The maximum Gasteiger partial charge on any atom is 0.310 e. The van der Waals surface area contributed by atoms with Crippen LogP contribution >= 0.6 is 0 Å². The van der Waals surface area contributed by atoms with Crippen molar-refractivity contribution in [2.45, 2.75) is 30.9 Å². The van der Waals surface area contributed by atoms with Gasteiger partial charge in [-0.2, -0.15) is 0 Å². The first-order chi connectivity index (χ1) is 6.82. The van der Waals surface area contributed by atoms with Crippen LogP contribution in [0.25, 0.3) is 0 Å². The van der Waals surface area contributed by atoms with Gasteiger partial charge < -0.3 is 10.8 Å². The monoisotopic (exact) mass is 235 g/mol. The van der Waals surface area contributed by atoms with E-state index in [1.165, 1.54) is 6.26 Å². The van der Waals surface area contributed by atoms with Gasteiger partial charge in [-0.25, -0.2) is 8.42 Å². The number of carbonyl (C=O) groups is 1. The van der Waals surface area contributed by atoms with Gasteiger partial charge in [-0.15, -0.1) is 0 Å². The first-order valence-corrected chi connectivity index (χ1v) is 6.89. The van der Waals surface area contributed by atoms with E-state index in [9.17, 15) is 13.2 Å². The van der Waals surface area contributed by atoms with E-state index in [4.69, 9.17) is 10.8 Å². The average molecular weight is 235 g/mol. The van der Waals surface area contributed by atoms with E-state index in [1.54, 1.807) is 0 Å². The van der Waals surface area contributed by atoms with Gasteiger partial charge in [0, 0.05) is 12.8 Å². The van der Waals surface area contributed by atoms with E-state index >= 15 is 0 Å². The zero-order valence-electron chi connectivity index (χ0n) is 8.77. The van der Waals surface area contributed by atoms with Gasteiger partial charge in [0.05, 0.1) is 10.7 Å². The van der Waals surface area contributed by atoms with Crippen molar-refractivity contribution >= 4 is 15.8 Å². The van der Waals surface area contributed by atoms with Crippen molar-refractivity contribution in [1.29, 1.82) is 0 Å². The molecule has 0 aliphatic heterocycles. The summed E-state index contributed by atoms with van der Waals surface area (Å²) in [7, 11) is -3.04. The Labute approximate surface area is 89.6 Å². The highest BCUT2D eigenvalue weighted by Gasteiger charge is 2.42. The zero-order chi connectivity index (χ0) is 11.7. The highest BCUT2D eigenvalue weighted by atomic mass is 32.2. The largest absolute Gasteiger partial charge is 0.481 e. The molecule has 1 saturated carbocycles. The third-order valence-electron chi connectivity index (χ3n) is 3.34. The summed E-state index contributed by atoms with van der Waals surface area (Å²) in [4.78, 5) is 11.0. The summed E-state index contributed by atoms with van der Waals surface area (Å²) < 4.78 is 22.6. The molecule has 0 unspecified atom stereocenters. The number of rotatable bonds is 3. The predicted octanol–water partition coefficient (Wildman–Crippen LogP) is 0.00330. The summed E-state index contributed by atoms with van der Waals surface area (Å²) in [5.74, 6) is -0.906. The number of nitrogens with two attached hydrogens (primary N) is 1. The predicted molar refractivity (Wildman–Crippen MR) is 56.2 cm³/mol. The molecule has 3 N–H and O–H groups in total. The van der Waals surface area contributed by atoms with Crippen molar-refractivity contribution in [3.63, 3.8) is 0 Å². The van der Waals surface area contributed by atoms with Gasteiger partial charge in [-0.1, -0.05) is 0 Å². The Balaban J connectivity index is 2.74. The van der Waals surface area contributed by atoms with Crippen LogP contribution in [-0.4, -0.2) is 37.5 Å². The van der Waals surface area contributed by atoms with Crippen LogP contribution in [0, 0.1) is 5.41 Å². The summed E-state index contributed by atoms with van der Waals surface area (Å²) >= 11 is 0. The fourth-order valence-corrected chi connectivity index (χ4v) is 3.17. The lowest BCUT2D eigenvalue weighted by Gasteiger charge is -2.35. The number of aliphatic carboxylic acids is 1. The molecule has 0 atom stereocenters. The maximum absolute atomic E-state index is 11.3. The fraction of sp³-hybridized carbons (Fsp3) is 0.889. The number of hydrogen-bond acceptors (Lipinski definition) is 4. The topological polar surface area (TPSA) is 97.5 Å². The summed E-state index contributed by atoms with van der Waals surface area (Å²) in [6.45, 7) is 0.0822. The van der Waals surface area contributed by atoms with Gasteiger partial charge in [0.1, 0.15) is 9.84 Å². The van der Waals surface area contributed by atoms with Crippen molar-refractivity contribution in [1.82, 2.24) is 0 Å². The van der Waals surface area contributed by atoms with Gasteiger partial charge in [0.25, 0.3) is 0 Å². The zero-order valence-corrected chi connectivity index (χ0v) is 9.59. The van der Waals surface area contributed by atoms with E-state index in [2.05, 4.69) is 0 Å². The van der Waals surface area contributed by atoms with Crippen LogP contribution < -0.4 is 5.73 Å². The Hall–Kier alpha value is -0.620. The molecule has 0 aromatic carbocycles. The van der Waals surface area contributed by atoms with Crippen LogP contribution in [0.3, 0.4) is 0 Å². The molecule has 1 rings (SSSR count). The molecule has 0 spiro atoms. The minimum atomic E-state index is -3.04. The highest BCUT2D eigenvalue weighted by Crippen LogP contribution is 2.37. The molecule has 1 aliphatic rings. The van der Waals surface area contributed by atoms with E-state index in [0.717, 1.165) is 0 Å². The highest BCUT2D eigenvalue weighted by molar-refractivity contribution is 7.91. The van der Waals surface area contributed by atoms with Crippen LogP contribution in [0.2, 0.25) is 0 Å². The molecule has 0 bridgehead atoms. The molecule has 0 radical (unpaired) electrons.